The van der Waals surface area contributed by atoms with Gasteiger partial charge in [-0.05, 0) is 54.5 Å². The SMILES string of the molecule is CCCc1ccc(C(=O)/C=C/c2ccc(OC)c(COc3ccc(F)cc3F)c2)s1. The lowest BCUT2D eigenvalue weighted by molar-refractivity contribution is 0.105. The minimum absolute atomic E-state index is 0.0344. The lowest BCUT2D eigenvalue weighted by atomic mass is 10.1. The molecule has 3 rings (SSSR count). The van der Waals surface area contributed by atoms with Crippen LogP contribution in [0.4, 0.5) is 8.78 Å². The van der Waals surface area contributed by atoms with Crippen molar-refractivity contribution >= 4 is 23.2 Å². The third kappa shape index (κ3) is 5.54. The van der Waals surface area contributed by atoms with Gasteiger partial charge in [-0.15, -0.1) is 11.3 Å². The fourth-order valence-corrected chi connectivity index (χ4v) is 3.94. The molecule has 0 saturated carbocycles. The number of thiophene rings is 1. The molecule has 0 aliphatic heterocycles. The zero-order valence-corrected chi connectivity index (χ0v) is 17.6. The molecule has 156 valence electrons. The van der Waals surface area contributed by atoms with Gasteiger partial charge in [0.05, 0.1) is 12.0 Å². The van der Waals surface area contributed by atoms with Crippen molar-refractivity contribution in [1.29, 1.82) is 0 Å². The second kappa shape index (κ2) is 10.2. The third-order valence-corrected chi connectivity index (χ3v) is 5.57. The number of ether oxygens (including phenoxy) is 2. The molecule has 0 N–H and O–H groups in total. The van der Waals surface area contributed by atoms with Gasteiger partial charge in [-0.25, -0.2) is 8.78 Å². The maximum Gasteiger partial charge on any atom is 0.195 e. The maximum absolute atomic E-state index is 13.8. The molecule has 0 amide bonds. The van der Waals surface area contributed by atoms with Crippen LogP contribution >= 0.6 is 11.3 Å². The summed E-state index contributed by atoms with van der Waals surface area (Å²) in [6.45, 7) is 2.14. The number of hydrogen-bond acceptors (Lipinski definition) is 4. The second-order valence-corrected chi connectivity index (χ2v) is 7.82. The molecule has 3 nitrogen and oxygen atoms in total. The van der Waals surface area contributed by atoms with Gasteiger partial charge in [-0.2, -0.15) is 0 Å². The molecule has 0 fully saturated rings. The van der Waals surface area contributed by atoms with Crippen molar-refractivity contribution in [2.75, 3.05) is 7.11 Å². The van der Waals surface area contributed by atoms with E-state index in [1.807, 2.05) is 18.2 Å². The van der Waals surface area contributed by atoms with Crippen LogP contribution in [0.5, 0.6) is 11.5 Å². The van der Waals surface area contributed by atoms with Crippen LogP contribution in [0, 0.1) is 11.6 Å². The Balaban J connectivity index is 1.72. The predicted octanol–water partition coefficient (Wildman–Crippen LogP) is 6.46. The van der Waals surface area contributed by atoms with E-state index in [-0.39, 0.29) is 18.1 Å². The Morgan fingerprint density at radius 2 is 1.87 bits per heavy atom. The van der Waals surface area contributed by atoms with Crippen molar-refractivity contribution < 1.29 is 23.0 Å². The summed E-state index contributed by atoms with van der Waals surface area (Å²) in [5.74, 6) is -0.959. The van der Waals surface area contributed by atoms with Gasteiger partial charge in [0, 0.05) is 16.5 Å². The van der Waals surface area contributed by atoms with Crippen LogP contribution in [-0.2, 0) is 13.0 Å². The molecule has 0 radical (unpaired) electrons. The van der Waals surface area contributed by atoms with Crippen molar-refractivity contribution in [3.8, 4) is 11.5 Å². The highest BCUT2D eigenvalue weighted by atomic mass is 32.1. The lowest BCUT2D eigenvalue weighted by Crippen LogP contribution is -2.01. The van der Waals surface area contributed by atoms with Crippen LogP contribution < -0.4 is 9.47 Å². The zero-order chi connectivity index (χ0) is 21.5. The average Bonchev–Trinajstić information content (AvgIpc) is 3.20. The van der Waals surface area contributed by atoms with Gasteiger partial charge in [0.2, 0.25) is 0 Å². The van der Waals surface area contributed by atoms with E-state index in [0.29, 0.717) is 16.2 Å². The first kappa shape index (κ1) is 21.7. The molecule has 1 aromatic heterocycles. The van der Waals surface area contributed by atoms with E-state index in [4.69, 9.17) is 9.47 Å². The molecular weight excluding hydrogens is 406 g/mol. The molecule has 0 bridgehead atoms. The van der Waals surface area contributed by atoms with Gasteiger partial charge in [-0.1, -0.05) is 25.5 Å². The predicted molar refractivity (Wildman–Crippen MR) is 115 cm³/mol. The summed E-state index contributed by atoms with van der Waals surface area (Å²) in [4.78, 5) is 14.3. The molecule has 2 aromatic carbocycles. The fraction of sp³-hybridized carbons (Fsp3) is 0.208. The van der Waals surface area contributed by atoms with Crippen molar-refractivity contribution in [1.82, 2.24) is 0 Å². The Hall–Kier alpha value is -2.99. The number of allylic oxidation sites excluding steroid dienone is 1. The molecule has 3 aromatic rings. The number of carbonyl (C=O) groups excluding carboxylic acids is 1. The molecule has 0 aliphatic rings. The van der Waals surface area contributed by atoms with Crippen molar-refractivity contribution in [2.24, 2.45) is 0 Å². The van der Waals surface area contributed by atoms with Gasteiger partial charge in [0.15, 0.2) is 17.3 Å². The van der Waals surface area contributed by atoms with E-state index in [1.54, 1.807) is 18.2 Å². The lowest BCUT2D eigenvalue weighted by Gasteiger charge is -2.12. The quantitative estimate of drug-likeness (QED) is 0.290. The summed E-state index contributed by atoms with van der Waals surface area (Å²) in [6.07, 6.45) is 5.28. The Morgan fingerprint density at radius 3 is 2.60 bits per heavy atom. The molecule has 0 spiro atoms. The van der Waals surface area contributed by atoms with Crippen LogP contribution in [0.2, 0.25) is 0 Å². The number of benzene rings is 2. The standard InChI is InChI=1S/C24H22F2O3S/c1-3-4-19-8-12-24(30-19)21(27)9-5-16-6-10-22(28-2)17(13-16)15-29-23-11-7-18(25)14-20(23)26/h5-14H,3-4,15H2,1-2H3/b9-5+. The number of hydrogen-bond donors (Lipinski definition) is 0. The molecule has 0 atom stereocenters. The first-order valence-electron chi connectivity index (χ1n) is 9.56. The van der Waals surface area contributed by atoms with Crippen LogP contribution in [0.1, 0.15) is 39.0 Å². The average molecular weight is 429 g/mol. The van der Waals surface area contributed by atoms with Crippen molar-refractivity contribution in [3.05, 3.63) is 87.1 Å². The summed E-state index contributed by atoms with van der Waals surface area (Å²) in [7, 11) is 1.53. The van der Waals surface area contributed by atoms with E-state index in [2.05, 4.69) is 6.92 Å². The minimum Gasteiger partial charge on any atom is -0.496 e. The summed E-state index contributed by atoms with van der Waals surface area (Å²) in [6, 6.07) is 12.4. The van der Waals surface area contributed by atoms with Gasteiger partial charge in [-0.3, -0.25) is 4.79 Å². The first-order chi connectivity index (χ1) is 14.5. The number of rotatable bonds is 9. The summed E-state index contributed by atoms with van der Waals surface area (Å²) in [5, 5.41) is 0. The largest absolute Gasteiger partial charge is 0.496 e. The molecule has 1 heterocycles. The highest BCUT2D eigenvalue weighted by Crippen LogP contribution is 2.25. The zero-order valence-electron chi connectivity index (χ0n) is 16.8. The van der Waals surface area contributed by atoms with Crippen LogP contribution in [-0.4, -0.2) is 12.9 Å². The number of carbonyl (C=O) groups is 1. The van der Waals surface area contributed by atoms with Crippen LogP contribution in [0.25, 0.3) is 6.08 Å². The number of aryl methyl sites for hydroxylation is 1. The smallest absolute Gasteiger partial charge is 0.195 e. The van der Waals surface area contributed by atoms with E-state index >= 15 is 0 Å². The summed E-state index contributed by atoms with van der Waals surface area (Å²) < 4.78 is 37.7. The van der Waals surface area contributed by atoms with E-state index in [1.165, 1.54) is 35.5 Å². The first-order valence-corrected chi connectivity index (χ1v) is 10.4. The monoisotopic (exact) mass is 428 g/mol. The molecule has 0 saturated heterocycles. The fourth-order valence-electron chi connectivity index (χ4n) is 2.91. The van der Waals surface area contributed by atoms with Crippen LogP contribution in [0.15, 0.2) is 54.6 Å². The molecule has 0 aliphatic carbocycles. The maximum atomic E-state index is 13.8. The van der Waals surface area contributed by atoms with Crippen molar-refractivity contribution in [3.63, 3.8) is 0 Å². The molecular formula is C24H22F2O3S. The highest BCUT2D eigenvalue weighted by molar-refractivity contribution is 7.14. The highest BCUT2D eigenvalue weighted by Gasteiger charge is 2.10. The number of halogens is 2. The number of ketones is 1. The van der Waals surface area contributed by atoms with E-state index < -0.39 is 11.6 Å². The van der Waals surface area contributed by atoms with E-state index in [9.17, 15) is 13.6 Å². The Morgan fingerprint density at radius 1 is 1.07 bits per heavy atom. The Kier molecular flexibility index (Phi) is 7.36. The molecule has 30 heavy (non-hydrogen) atoms. The Bertz CT molecular complexity index is 1060. The number of methoxy groups -OCH3 is 1. The van der Waals surface area contributed by atoms with E-state index in [0.717, 1.165) is 30.5 Å². The van der Waals surface area contributed by atoms with Gasteiger partial charge < -0.3 is 9.47 Å². The summed E-state index contributed by atoms with van der Waals surface area (Å²) >= 11 is 1.51. The molecule has 6 heteroatoms. The van der Waals surface area contributed by atoms with Crippen LogP contribution in [0.3, 0.4) is 0 Å². The topological polar surface area (TPSA) is 35.5 Å². The Labute approximate surface area is 178 Å². The van der Waals surface area contributed by atoms with Gasteiger partial charge in [0.25, 0.3) is 0 Å². The molecule has 0 unspecified atom stereocenters. The van der Waals surface area contributed by atoms with Gasteiger partial charge >= 0.3 is 0 Å². The van der Waals surface area contributed by atoms with Crippen molar-refractivity contribution in [2.45, 2.75) is 26.4 Å². The summed E-state index contributed by atoms with van der Waals surface area (Å²) in [5.41, 5.74) is 1.46. The third-order valence-electron chi connectivity index (χ3n) is 4.41. The normalized spacial score (nSPS) is 11.1. The minimum atomic E-state index is -0.769. The van der Waals surface area contributed by atoms with Gasteiger partial charge in [0.1, 0.15) is 18.2 Å². The second-order valence-electron chi connectivity index (χ2n) is 6.65.